The molecule has 3 aromatic heterocycles. The molecule has 0 saturated heterocycles. The molecule has 5 rings (SSSR count). The van der Waals surface area contributed by atoms with E-state index < -0.39 is 0 Å². The second kappa shape index (κ2) is 7.40. The SMILES string of the molecule is CCN[C@H]1CC[C@@H](n2c(=O)[nH]c3cc(-c4cc(C)c5ncnn5c4)c(C)cc32)CC1. The Kier molecular flexibility index (Phi) is 4.70. The molecule has 0 bridgehead atoms. The zero-order valence-corrected chi connectivity index (χ0v) is 17.8. The van der Waals surface area contributed by atoms with E-state index in [0.717, 1.165) is 71.2 Å². The second-order valence-corrected chi connectivity index (χ2v) is 8.49. The Morgan fingerprint density at radius 1 is 1.13 bits per heavy atom. The lowest BCUT2D eigenvalue weighted by Crippen LogP contribution is -2.35. The van der Waals surface area contributed by atoms with Crippen molar-refractivity contribution in [1.29, 1.82) is 0 Å². The van der Waals surface area contributed by atoms with Gasteiger partial charge >= 0.3 is 5.69 Å². The fraction of sp³-hybridized carbons (Fsp3) is 0.435. The molecule has 1 fully saturated rings. The van der Waals surface area contributed by atoms with Crippen molar-refractivity contribution >= 4 is 16.7 Å². The summed E-state index contributed by atoms with van der Waals surface area (Å²) in [5, 5.41) is 7.84. The van der Waals surface area contributed by atoms with Crippen molar-refractivity contribution in [3.63, 3.8) is 0 Å². The molecular formula is C23H28N6O. The van der Waals surface area contributed by atoms with Gasteiger partial charge in [0.15, 0.2) is 5.65 Å². The molecule has 0 aliphatic heterocycles. The zero-order valence-electron chi connectivity index (χ0n) is 17.8. The van der Waals surface area contributed by atoms with Crippen molar-refractivity contribution in [2.75, 3.05) is 6.54 Å². The normalized spacial score (nSPS) is 19.7. The summed E-state index contributed by atoms with van der Waals surface area (Å²) in [6.07, 6.45) is 7.88. The molecule has 0 spiro atoms. The van der Waals surface area contributed by atoms with Gasteiger partial charge < -0.3 is 10.3 Å². The molecule has 7 nitrogen and oxygen atoms in total. The van der Waals surface area contributed by atoms with E-state index >= 15 is 0 Å². The van der Waals surface area contributed by atoms with Gasteiger partial charge in [-0.15, -0.1) is 0 Å². The lowest BCUT2D eigenvalue weighted by atomic mass is 9.90. The maximum absolute atomic E-state index is 12.9. The van der Waals surface area contributed by atoms with Crippen molar-refractivity contribution in [1.82, 2.24) is 29.5 Å². The lowest BCUT2D eigenvalue weighted by molar-refractivity contribution is 0.294. The van der Waals surface area contributed by atoms with Crippen LogP contribution in [0, 0.1) is 13.8 Å². The Bertz CT molecular complexity index is 1270. The van der Waals surface area contributed by atoms with Crippen molar-refractivity contribution in [2.45, 2.75) is 58.5 Å². The van der Waals surface area contributed by atoms with Gasteiger partial charge in [-0.2, -0.15) is 5.10 Å². The van der Waals surface area contributed by atoms with Crippen LogP contribution >= 0.6 is 0 Å². The minimum absolute atomic E-state index is 0.00337. The van der Waals surface area contributed by atoms with Crippen LogP contribution in [0.2, 0.25) is 0 Å². The van der Waals surface area contributed by atoms with E-state index in [2.05, 4.69) is 52.4 Å². The van der Waals surface area contributed by atoms with E-state index in [9.17, 15) is 4.79 Å². The van der Waals surface area contributed by atoms with Crippen LogP contribution in [0.1, 0.15) is 49.8 Å². The van der Waals surface area contributed by atoms with Gasteiger partial charge in [0.2, 0.25) is 0 Å². The third-order valence-electron chi connectivity index (χ3n) is 6.49. The number of aromatic amines is 1. The standard InChI is InChI=1S/C23H28N6O/c1-4-24-17-5-7-18(8-6-17)29-21-10-14(2)19(11-20(21)27-23(29)30)16-9-15(3)22-25-13-26-28(22)12-16/h9-13,17-18,24H,4-8H2,1-3H3,(H,27,30)/t17-,18+. The number of aromatic nitrogens is 5. The van der Waals surface area contributed by atoms with Crippen LogP contribution in [0.3, 0.4) is 0 Å². The quantitative estimate of drug-likeness (QED) is 0.543. The van der Waals surface area contributed by atoms with E-state index in [1.54, 1.807) is 6.33 Å². The summed E-state index contributed by atoms with van der Waals surface area (Å²) in [5.41, 5.74) is 7.17. The molecule has 1 aliphatic carbocycles. The maximum Gasteiger partial charge on any atom is 0.326 e. The Labute approximate surface area is 175 Å². The summed E-state index contributed by atoms with van der Waals surface area (Å²) in [7, 11) is 0. The average Bonchev–Trinajstić information content (AvgIpc) is 3.32. The molecule has 1 saturated carbocycles. The highest BCUT2D eigenvalue weighted by molar-refractivity contribution is 5.84. The third-order valence-corrected chi connectivity index (χ3v) is 6.49. The fourth-order valence-corrected chi connectivity index (χ4v) is 5.02. The van der Waals surface area contributed by atoms with Gasteiger partial charge in [-0.1, -0.05) is 6.92 Å². The number of hydrogen-bond acceptors (Lipinski definition) is 4. The van der Waals surface area contributed by atoms with Crippen molar-refractivity contribution < 1.29 is 0 Å². The molecule has 1 aromatic carbocycles. The van der Waals surface area contributed by atoms with Crippen LogP contribution in [0.15, 0.2) is 35.5 Å². The number of nitrogens with one attached hydrogen (secondary N) is 2. The smallest absolute Gasteiger partial charge is 0.314 e. The molecule has 0 atom stereocenters. The third kappa shape index (κ3) is 3.13. The predicted octanol–water partition coefficient (Wildman–Crippen LogP) is 3.75. The molecule has 0 unspecified atom stereocenters. The summed E-state index contributed by atoms with van der Waals surface area (Å²) in [4.78, 5) is 20.3. The van der Waals surface area contributed by atoms with Gasteiger partial charge in [0.1, 0.15) is 6.33 Å². The number of nitrogens with zero attached hydrogens (tertiary/aromatic N) is 4. The van der Waals surface area contributed by atoms with Gasteiger partial charge in [0.25, 0.3) is 0 Å². The number of hydrogen-bond donors (Lipinski definition) is 2. The summed E-state index contributed by atoms with van der Waals surface area (Å²) >= 11 is 0. The van der Waals surface area contributed by atoms with Crippen molar-refractivity contribution in [2.24, 2.45) is 0 Å². The number of fused-ring (bicyclic) bond motifs is 2. The maximum atomic E-state index is 12.9. The van der Waals surface area contributed by atoms with E-state index in [4.69, 9.17) is 0 Å². The van der Waals surface area contributed by atoms with Crippen molar-refractivity contribution in [3.8, 4) is 11.1 Å². The Hall–Kier alpha value is -2.93. The Morgan fingerprint density at radius 2 is 1.93 bits per heavy atom. The van der Waals surface area contributed by atoms with E-state index in [1.165, 1.54) is 0 Å². The van der Waals surface area contributed by atoms with E-state index in [0.29, 0.717) is 6.04 Å². The zero-order chi connectivity index (χ0) is 20.8. The minimum atomic E-state index is -0.00337. The predicted molar refractivity (Wildman–Crippen MR) is 119 cm³/mol. The van der Waals surface area contributed by atoms with Crippen LogP contribution in [0.4, 0.5) is 0 Å². The van der Waals surface area contributed by atoms with Crippen molar-refractivity contribution in [3.05, 3.63) is 52.3 Å². The van der Waals surface area contributed by atoms with E-state index in [-0.39, 0.29) is 11.7 Å². The summed E-state index contributed by atoms with van der Waals surface area (Å²) in [6, 6.07) is 7.23. The van der Waals surface area contributed by atoms with Crippen LogP contribution in [0.5, 0.6) is 0 Å². The molecular weight excluding hydrogens is 376 g/mol. The van der Waals surface area contributed by atoms with Gasteiger partial charge in [-0.25, -0.2) is 14.3 Å². The Morgan fingerprint density at radius 3 is 2.70 bits per heavy atom. The second-order valence-electron chi connectivity index (χ2n) is 8.49. The molecule has 7 heteroatoms. The van der Waals surface area contributed by atoms with E-state index in [1.807, 2.05) is 22.2 Å². The van der Waals surface area contributed by atoms with Gasteiger partial charge in [-0.3, -0.25) is 4.57 Å². The monoisotopic (exact) mass is 404 g/mol. The topological polar surface area (TPSA) is 80.0 Å². The highest BCUT2D eigenvalue weighted by Gasteiger charge is 2.25. The first kappa shape index (κ1) is 19.1. The highest BCUT2D eigenvalue weighted by Crippen LogP contribution is 2.33. The van der Waals surface area contributed by atoms with Gasteiger partial charge in [0, 0.05) is 23.8 Å². The van der Waals surface area contributed by atoms with Crippen LogP contribution in [-0.2, 0) is 0 Å². The molecule has 156 valence electrons. The molecule has 1 aliphatic rings. The first-order valence-corrected chi connectivity index (χ1v) is 10.8. The molecule has 0 amide bonds. The minimum Gasteiger partial charge on any atom is -0.314 e. The molecule has 4 aromatic rings. The van der Waals surface area contributed by atoms with Crippen LogP contribution < -0.4 is 11.0 Å². The number of rotatable bonds is 4. The number of aryl methyl sites for hydroxylation is 2. The largest absolute Gasteiger partial charge is 0.326 e. The first-order valence-electron chi connectivity index (χ1n) is 10.8. The molecule has 0 radical (unpaired) electrons. The molecule has 2 N–H and O–H groups in total. The fourth-order valence-electron chi connectivity index (χ4n) is 5.02. The summed E-state index contributed by atoms with van der Waals surface area (Å²) in [5.74, 6) is 0. The Balaban J connectivity index is 1.55. The lowest BCUT2D eigenvalue weighted by Gasteiger charge is -2.29. The molecule has 30 heavy (non-hydrogen) atoms. The highest BCUT2D eigenvalue weighted by atomic mass is 16.1. The average molecular weight is 405 g/mol. The number of pyridine rings is 1. The first-order chi connectivity index (χ1) is 14.5. The number of benzene rings is 1. The van der Waals surface area contributed by atoms with Crippen LogP contribution in [0.25, 0.3) is 27.8 Å². The molecule has 3 heterocycles. The summed E-state index contributed by atoms with van der Waals surface area (Å²) in [6.45, 7) is 7.31. The number of imidazole rings is 1. The van der Waals surface area contributed by atoms with Gasteiger partial charge in [-0.05, 0) is 81.0 Å². The van der Waals surface area contributed by atoms with Crippen LogP contribution in [-0.4, -0.2) is 36.7 Å². The summed E-state index contributed by atoms with van der Waals surface area (Å²) < 4.78 is 3.80. The number of H-pyrrole nitrogens is 1. The van der Waals surface area contributed by atoms with Gasteiger partial charge in [0.05, 0.1) is 11.0 Å².